The molecule has 8 heteroatoms. The van der Waals surface area contributed by atoms with Crippen molar-refractivity contribution in [3.63, 3.8) is 0 Å². The summed E-state index contributed by atoms with van der Waals surface area (Å²) in [5.74, 6) is -0.437. The lowest BCUT2D eigenvalue weighted by atomic mass is 10.1. The Kier molecular flexibility index (Phi) is 7.18. The summed E-state index contributed by atoms with van der Waals surface area (Å²) in [7, 11) is 0. The number of hydrogen-bond donors (Lipinski definition) is 4. The number of ether oxygens (including phenoxy) is 1. The molecule has 1 atom stereocenters. The van der Waals surface area contributed by atoms with Crippen LogP contribution in [0.2, 0.25) is 0 Å². The molecule has 27 heavy (non-hydrogen) atoms. The van der Waals surface area contributed by atoms with E-state index in [1.54, 1.807) is 24.3 Å². The van der Waals surface area contributed by atoms with Crippen LogP contribution in [0.3, 0.4) is 0 Å². The number of hydrogen-bond acceptors (Lipinski definition) is 4. The number of rotatable bonds is 7. The van der Waals surface area contributed by atoms with Gasteiger partial charge in [-0.25, -0.2) is 4.79 Å². The third-order valence-electron chi connectivity index (χ3n) is 3.64. The molecule has 0 aromatic heterocycles. The van der Waals surface area contributed by atoms with E-state index in [1.807, 2.05) is 37.3 Å². The van der Waals surface area contributed by atoms with Crippen LogP contribution in [0, 0.1) is 0 Å². The van der Waals surface area contributed by atoms with Crippen molar-refractivity contribution in [1.82, 2.24) is 16.2 Å². The summed E-state index contributed by atoms with van der Waals surface area (Å²) >= 11 is 0. The second-order valence-corrected chi connectivity index (χ2v) is 5.65. The summed E-state index contributed by atoms with van der Waals surface area (Å²) in [4.78, 5) is 35.7. The summed E-state index contributed by atoms with van der Waals surface area (Å²) < 4.78 is 5.31. The summed E-state index contributed by atoms with van der Waals surface area (Å²) in [5.41, 5.74) is 11.0. The molecule has 2 aromatic rings. The minimum atomic E-state index is -0.925. The molecule has 0 aliphatic carbocycles. The molecule has 2 rings (SSSR count). The topological polar surface area (TPSA) is 123 Å². The van der Waals surface area contributed by atoms with E-state index in [0.717, 1.165) is 5.56 Å². The molecule has 0 fully saturated rings. The number of hydrazine groups is 1. The van der Waals surface area contributed by atoms with E-state index in [4.69, 9.17) is 10.5 Å². The van der Waals surface area contributed by atoms with Gasteiger partial charge in [0.05, 0.1) is 6.61 Å². The molecule has 0 saturated heterocycles. The Bertz CT molecular complexity index is 778. The van der Waals surface area contributed by atoms with Gasteiger partial charge < -0.3 is 15.8 Å². The fourth-order valence-electron chi connectivity index (χ4n) is 2.38. The Morgan fingerprint density at radius 3 is 2.26 bits per heavy atom. The zero-order valence-corrected chi connectivity index (χ0v) is 14.9. The first-order chi connectivity index (χ1) is 13.0. The second kappa shape index (κ2) is 9.81. The van der Waals surface area contributed by atoms with Crippen molar-refractivity contribution in [1.29, 1.82) is 0 Å². The maximum atomic E-state index is 12.3. The summed E-state index contributed by atoms with van der Waals surface area (Å²) in [6.45, 7) is 2.39. The second-order valence-electron chi connectivity index (χ2n) is 5.65. The lowest BCUT2D eigenvalue weighted by Gasteiger charge is -2.17. The van der Waals surface area contributed by atoms with E-state index >= 15 is 0 Å². The Balaban J connectivity index is 1.95. The quantitative estimate of drug-likeness (QED) is 0.546. The molecule has 8 nitrogen and oxygen atoms in total. The van der Waals surface area contributed by atoms with Crippen LogP contribution >= 0.6 is 0 Å². The predicted molar refractivity (Wildman–Crippen MR) is 99.9 cm³/mol. The molecule has 0 radical (unpaired) electrons. The Hall–Kier alpha value is -3.55. The SMILES string of the molecule is CCOc1ccc(C(=O)NNC(=O)C(Cc2ccccc2)NC(N)=O)cc1. The van der Waals surface area contributed by atoms with Gasteiger partial charge in [-0.2, -0.15) is 0 Å². The number of primary amides is 1. The molecule has 0 aliphatic heterocycles. The fourth-order valence-corrected chi connectivity index (χ4v) is 2.38. The van der Waals surface area contributed by atoms with Gasteiger partial charge >= 0.3 is 6.03 Å². The molecule has 0 spiro atoms. The molecule has 1 unspecified atom stereocenters. The maximum Gasteiger partial charge on any atom is 0.312 e. The molecular formula is C19H22N4O4. The molecule has 142 valence electrons. The number of nitrogens with two attached hydrogens (primary N) is 1. The Morgan fingerprint density at radius 1 is 1.00 bits per heavy atom. The standard InChI is InChI=1S/C19H22N4O4/c1-2-27-15-10-8-14(9-11-15)17(24)22-23-18(25)16(21-19(20)26)12-13-6-4-3-5-7-13/h3-11,16H,2,12H2,1H3,(H,22,24)(H,23,25)(H3,20,21,26). The normalized spacial score (nSPS) is 11.1. The van der Waals surface area contributed by atoms with Crippen molar-refractivity contribution in [2.75, 3.05) is 6.61 Å². The smallest absolute Gasteiger partial charge is 0.312 e. The monoisotopic (exact) mass is 370 g/mol. The number of amides is 4. The van der Waals surface area contributed by atoms with Crippen molar-refractivity contribution >= 4 is 17.8 Å². The first-order valence-electron chi connectivity index (χ1n) is 8.42. The van der Waals surface area contributed by atoms with E-state index < -0.39 is 23.9 Å². The first kappa shape index (κ1) is 19.8. The van der Waals surface area contributed by atoms with Crippen molar-refractivity contribution in [2.24, 2.45) is 5.73 Å². The minimum Gasteiger partial charge on any atom is -0.494 e. The molecule has 0 bridgehead atoms. The third-order valence-corrected chi connectivity index (χ3v) is 3.64. The molecular weight excluding hydrogens is 348 g/mol. The number of carbonyl (C=O) groups excluding carboxylic acids is 3. The maximum absolute atomic E-state index is 12.3. The van der Waals surface area contributed by atoms with Gasteiger partial charge in [-0.3, -0.25) is 20.4 Å². The zero-order chi connectivity index (χ0) is 19.6. The largest absolute Gasteiger partial charge is 0.494 e. The Morgan fingerprint density at radius 2 is 1.67 bits per heavy atom. The van der Waals surface area contributed by atoms with E-state index in [1.165, 1.54) is 0 Å². The average Bonchev–Trinajstić information content (AvgIpc) is 2.66. The molecule has 5 N–H and O–H groups in total. The average molecular weight is 370 g/mol. The van der Waals surface area contributed by atoms with Crippen LogP contribution in [0.4, 0.5) is 4.79 Å². The molecule has 0 aliphatic rings. The molecule has 4 amide bonds. The lowest BCUT2D eigenvalue weighted by Crippen LogP contribution is -2.54. The van der Waals surface area contributed by atoms with Crippen molar-refractivity contribution in [2.45, 2.75) is 19.4 Å². The van der Waals surface area contributed by atoms with Gasteiger partial charge in [-0.1, -0.05) is 30.3 Å². The van der Waals surface area contributed by atoms with Gasteiger partial charge in [0.15, 0.2) is 0 Å². The van der Waals surface area contributed by atoms with E-state index in [2.05, 4.69) is 16.2 Å². The fraction of sp³-hybridized carbons (Fsp3) is 0.211. The van der Waals surface area contributed by atoms with Crippen molar-refractivity contribution < 1.29 is 19.1 Å². The lowest BCUT2D eigenvalue weighted by molar-refractivity contribution is -0.123. The minimum absolute atomic E-state index is 0.231. The van der Waals surface area contributed by atoms with E-state index in [0.29, 0.717) is 17.9 Å². The highest BCUT2D eigenvalue weighted by molar-refractivity contribution is 5.96. The summed E-state index contributed by atoms with van der Waals surface area (Å²) in [6, 6.07) is 13.9. The van der Waals surface area contributed by atoms with Gasteiger partial charge in [-0.05, 0) is 36.8 Å². The van der Waals surface area contributed by atoms with Crippen LogP contribution in [-0.4, -0.2) is 30.5 Å². The highest BCUT2D eigenvalue weighted by Crippen LogP contribution is 2.11. The predicted octanol–water partition coefficient (Wildman–Crippen LogP) is 1.13. The van der Waals surface area contributed by atoms with Crippen molar-refractivity contribution in [3.8, 4) is 5.75 Å². The van der Waals surface area contributed by atoms with Crippen LogP contribution in [-0.2, 0) is 11.2 Å². The van der Waals surface area contributed by atoms with Crippen LogP contribution in [0.25, 0.3) is 0 Å². The van der Waals surface area contributed by atoms with E-state index in [9.17, 15) is 14.4 Å². The Labute approximate surface area is 157 Å². The van der Waals surface area contributed by atoms with Gasteiger partial charge in [-0.15, -0.1) is 0 Å². The van der Waals surface area contributed by atoms with Crippen LogP contribution in [0.5, 0.6) is 5.75 Å². The summed E-state index contributed by atoms with van der Waals surface area (Å²) in [6.07, 6.45) is 0.231. The summed E-state index contributed by atoms with van der Waals surface area (Å²) in [5, 5.41) is 2.37. The molecule has 2 aromatic carbocycles. The van der Waals surface area contributed by atoms with E-state index in [-0.39, 0.29) is 6.42 Å². The van der Waals surface area contributed by atoms with Gasteiger partial charge in [0.25, 0.3) is 11.8 Å². The first-order valence-corrected chi connectivity index (χ1v) is 8.42. The van der Waals surface area contributed by atoms with Crippen molar-refractivity contribution in [3.05, 3.63) is 65.7 Å². The highest BCUT2D eigenvalue weighted by atomic mass is 16.5. The molecule has 0 heterocycles. The van der Waals surface area contributed by atoms with Crippen LogP contribution in [0.1, 0.15) is 22.8 Å². The number of benzene rings is 2. The number of urea groups is 1. The molecule has 0 saturated carbocycles. The number of carbonyl (C=O) groups is 3. The van der Waals surface area contributed by atoms with Gasteiger partial charge in [0, 0.05) is 12.0 Å². The zero-order valence-electron chi connectivity index (χ0n) is 14.9. The van der Waals surface area contributed by atoms with Gasteiger partial charge in [0.2, 0.25) is 0 Å². The number of nitrogens with one attached hydrogen (secondary N) is 3. The third kappa shape index (κ3) is 6.35. The van der Waals surface area contributed by atoms with Crippen LogP contribution in [0.15, 0.2) is 54.6 Å². The van der Waals surface area contributed by atoms with Gasteiger partial charge in [0.1, 0.15) is 11.8 Å². The highest BCUT2D eigenvalue weighted by Gasteiger charge is 2.21. The van der Waals surface area contributed by atoms with Crippen LogP contribution < -0.4 is 26.6 Å².